The fourth-order valence-corrected chi connectivity index (χ4v) is 1.54. The van der Waals surface area contributed by atoms with Crippen LogP contribution in [0.2, 0.25) is 0 Å². The van der Waals surface area contributed by atoms with E-state index in [1.165, 1.54) is 12.8 Å². The number of hydrogen-bond donors (Lipinski definition) is 2. The van der Waals surface area contributed by atoms with E-state index in [4.69, 9.17) is 5.11 Å². The molecule has 0 saturated heterocycles. The first-order valence-corrected chi connectivity index (χ1v) is 5.54. The van der Waals surface area contributed by atoms with E-state index in [0.717, 1.165) is 12.5 Å². The van der Waals surface area contributed by atoms with Gasteiger partial charge in [-0.15, -0.1) is 0 Å². The highest BCUT2D eigenvalue weighted by molar-refractivity contribution is 5.75. The Bertz CT molecular complexity index is 188. The molecular formula is C11H21NO2. The van der Waals surface area contributed by atoms with E-state index in [1.54, 1.807) is 6.92 Å². The zero-order valence-corrected chi connectivity index (χ0v) is 9.12. The van der Waals surface area contributed by atoms with Gasteiger partial charge in [0.15, 0.2) is 0 Å². The van der Waals surface area contributed by atoms with Crippen LogP contribution in [0, 0.1) is 11.8 Å². The van der Waals surface area contributed by atoms with Gasteiger partial charge in [0.1, 0.15) is 0 Å². The van der Waals surface area contributed by atoms with Crippen molar-refractivity contribution in [2.24, 2.45) is 11.8 Å². The first kappa shape index (κ1) is 11.5. The molecule has 0 heterocycles. The molecule has 0 aromatic heterocycles. The number of aliphatic hydroxyl groups is 1. The van der Waals surface area contributed by atoms with Crippen LogP contribution in [0.25, 0.3) is 0 Å². The van der Waals surface area contributed by atoms with Crippen molar-refractivity contribution in [3.05, 3.63) is 0 Å². The maximum atomic E-state index is 11.3. The van der Waals surface area contributed by atoms with E-state index in [1.807, 2.05) is 0 Å². The molecule has 0 aromatic carbocycles. The summed E-state index contributed by atoms with van der Waals surface area (Å²) in [6.07, 6.45) is 3.27. The zero-order valence-electron chi connectivity index (χ0n) is 9.12. The first-order chi connectivity index (χ1) is 6.59. The normalized spacial score (nSPS) is 20.2. The van der Waals surface area contributed by atoms with Gasteiger partial charge >= 0.3 is 0 Å². The van der Waals surface area contributed by atoms with Crippen LogP contribution in [0.1, 0.15) is 39.5 Å². The maximum absolute atomic E-state index is 11.3. The Morgan fingerprint density at radius 2 is 2.14 bits per heavy atom. The molecule has 2 N–H and O–H groups in total. The lowest BCUT2D eigenvalue weighted by Gasteiger charge is -2.11. The van der Waals surface area contributed by atoms with Crippen molar-refractivity contribution in [3.63, 3.8) is 0 Å². The number of hydrogen-bond acceptors (Lipinski definition) is 2. The summed E-state index contributed by atoms with van der Waals surface area (Å²) in [5, 5.41) is 11.9. The van der Waals surface area contributed by atoms with Gasteiger partial charge in [-0.05, 0) is 38.0 Å². The monoisotopic (exact) mass is 199 g/mol. The molecule has 2 atom stereocenters. The standard InChI is InChI=1S/C11H21NO2/c1-8(10-4-5-10)7-12-11(14)6-3-9(2)13/h8-10,13H,3-7H2,1-2H3,(H,12,14). The van der Waals surface area contributed by atoms with Gasteiger partial charge in [0.25, 0.3) is 0 Å². The highest BCUT2D eigenvalue weighted by Gasteiger charge is 2.27. The first-order valence-electron chi connectivity index (χ1n) is 5.54. The zero-order chi connectivity index (χ0) is 10.6. The summed E-state index contributed by atoms with van der Waals surface area (Å²) in [6, 6.07) is 0. The van der Waals surface area contributed by atoms with E-state index in [0.29, 0.717) is 18.8 Å². The number of aliphatic hydroxyl groups excluding tert-OH is 1. The number of amides is 1. The fraction of sp³-hybridized carbons (Fsp3) is 0.909. The molecule has 0 spiro atoms. The highest BCUT2D eigenvalue weighted by Crippen LogP contribution is 2.35. The molecule has 14 heavy (non-hydrogen) atoms. The highest BCUT2D eigenvalue weighted by atomic mass is 16.3. The number of carbonyl (C=O) groups is 1. The quantitative estimate of drug-likeness (QED) is 0.677. The molecule has 0 radical (unpaired) electrons. The Balaban J connectivity index is 2.02. The van der Waals surface area contributed by atoms with Crippen molar-refractivity contribution in [2.75, 3.05) is 6.54 Å². The Morgan fingerprint density at radius 1 is 1.50 bits per heavy atom. The van der Waals surface area contributed by atoms with Crippen LogP contribution in [-0.2, 0) is 4.79 Å². The van der Waals surface area contributed by atoms with Gasteiger partial charge in [0, 0.05) is 13.0 Å². The molecule has 0 aromatic rings. The molecule has 2 unspecified atom stereocenters. The fourth-order valence-electron chi connectivity index (χ4n) is 1.54. The summed E-state index contributed by atoms with van der Waals surface area (Å²) in [4.78, 5) is 11.3. The van der Waals surface area contributed by atoms with E-state index in [2.05, 4.69) is 12.2 Å². The largest absolute Gasteiger partial charge is 0.393 e. The summed E-state index contributed by atoms with van der Waals surface area (Å²) in [6.45, 7) is 4.69. The SMILES string of the molecule is CC(O)CCC(=O)NCC(C)C1CC1. The van der Waals surface area contributed by atoms with Crippen molar-refractivity contribution >= 4 is 5.91 Å². The number of nitrogens with one attached hydrogen (secondary N) is 1. The molecule has 0 aliphatic heterocycles. The molecule has 3 heteroatoms. The second kappa shape index (κ2) is 5.35. The Labute approximate surface area is 85.9 Å². The minimum atomic E-state index is -0.374. The summed E-state index contributed by atoms with van der Waals surface area (Å²) in [5.74, 6) is 1.52. The molecule has 1 amide bonds. The van der Waals surface area contributed by atoms with Crippen molar-refractivity contribution in [3.8, 4) is 0 Å². The molecule has 1 aliphatic rings. The van der Waals surface area contributed by atoms with Crippen molar-refractivity contribution < 1.29 is 9.90 Å². The van der Waals surface area contributed by atoms with Crippen molar-refractivity contribution in [1.29, 1.82) is 0 Å². The topological polar surface area (TPSA) is 49.3 Å². The summed E-state index contributed by atoms with van der Waals surface area (Å²) in [7, 11) is 0. The minimum absolute atomic E-state index is 0.0680. The van der Waals surface area contributed by atoms with Gasteiger partial charge in [0.2, 0.25) is 5.91 Å². The molecule has 1 aliphatic carbocycles. The smallest absolute Gasteiger partial charge is 0.220 e. The number of carbonyl (C=O) groups excluding carboxylic acids is 1. The van der Waals surface area contributed by atoms with E-state index in [9.17, 15) is 4.79 Å². The van der Waals surface area contributed by atoms with Crippen molar-refractivity contribution in [1.82, 2.24) is 5.32 Å². The summed E-state index contributed by atoms with van der Waals surface area (Å²) < 4.78 is 0. The third-order valence-corrected chi connectivity index (χ3v) is 2.84. The Morgan fingerprint density at radius 3 is 2.64 bits per heavy atom. The van der Waals surface area contributed by atoms with Crippen LogP contribution in [0.3, 0.4) is 0 Å². The van der Waals surface area contributed by atoms with Gasteiger partial charge in [-0.25, -0.2) is 0 Å². The second-order valence-electron chi connectivity index (χ2n) is 4.51. The summed E-state index contributed by atoms with van der Waals surface area (Å²) >= 11 is 0. The molecule has 1 saturated carbocycles. The minimum Gasteiger partial charge on any atom is -0.393 e. The average Bonchev–Trinajstić information content (AvgIpc) is 2.93. The lowest BCUT2D eigenvalue weighted by atomic mass is 10.1. The Hall–Kier alpha value is -0.570. The molecular weight excluding hydrogens is 178 g/mol. The van der Waals surface area contributed by atoms with E-state index in [-0.39, 0.29) is 12.0 Å². The van der Waals surface area contributed by atoms with Crippen LogP contribution in [0.5, 0.6) is 0 Å². The third kappa shape index (κ3) is 4.61. The van der Waals surface area contributed by atoms with Gasteiger partial charge in [-0.3, -0.25) is 4.79 Å². The van der Waals surface area contributed by atoms with Crippen LogP contribution in [0.15, 0.2) is 0 Å². The third-order valence-electron chi connectivity index (χ3n) is 2.84. The summed E-state index contributed by atoms with van der Waals surface area (Å²) in [5.41, 5.74) is 0. The molecule has 1 fully saturated rings. The van der Waals surface area contributed by atoms with E-state index < -0.39 is 0 Å². The molecule has 0 bridgehead atoms. The molecule has 1 rings (SSSR count). The molecule has 82 valence electrons. The lowest BCUT2D eigenvalue weighted by Crippen LogP contribution is -2.29. The second-order valence-corrected chi connectivity index (χ2v) is 4.51. The van der Waals surface area contributed by atoms with Gasteiger partial charge in [0.05, 0.1) is 6.10 Å². The van der Waals surface area contributed by atoms with Gasteiger partial charge in [-0.1, -0.05) is 6.92 Å². The van der Waals surface area contributed by atoms with Crippen LogP contribution in [0.4, 0.5) is 0 Å². The predicted octanol–water partition coefficient (Wildman–Crippen LogP) is 1.31. The maximum Gasteiger partial charge on any atom is 0.220 e. The molecule has 3 nitrogen and oxygen atoms in total. The number of rotatable bonds is 6. The van der Waals surface area contributed by atoms with Crippen LogP contribution < -0.4 is 5.32 Å². The van der Waals surface area contributed by atoms with Gasteiger partial charge < -0.3 is 10.4 Å². The predicted molar refractivity (Wildman–Crippen MR) is 55.8 cm³/mol. The van der Waals surface area contributed by atoms with Crippen molar-refractivity contribution in [2.45, 2.75) is 45.6 Å². The lowest BCUT2D eigenvalue weighted by molar-refractivity contribution is -0.121. The van der Waals surface area contributed by atoms with Gasteiger partial charge in [-0.2, -0.15) is 0 Å². The Kier molecular flexibility index (Phi) is 4.39. The van der Waals surface area contributed by atoms with E-state index >= 15 is 0 Å². The van der Waals surface area contributed by atoms with Crippen LogP contribution in [-0.4, -0.2) is 23.7 Å². The average molecular weight is 199 g/mol. The van der Waals surface area contributed by atoms with Crippen LogP contribution >= 0.6 is 0 Å².